The second kappa shape index (κ2) is 7.02. The molecule has 0 radical (unpaired) electrons. The maximum atomic E-state index is 13.6. The molecule has 1 fully saturated rings. The first-order valence-corrected chi connectivity index (χ1v) is 8.70. The normalized spacial score (nSPS) is 16.5. The van der Waals surface area contributed by atoms with Crippen LogP contribution < -0.4 is 10.5 Å². The number of hydrogen-bond acceptors (Lipinski definition) is 4. The first-order valence-electron chi connectivity index (χ1n) is 6.84. The van der Waals surface area contributed by atoms with Gasteiger partial charge >= 0.3 is 0 Å². The third-order valence-corrected chi connectivity index (χ3v) is 5.39. The van der Waals surface area contributed by atoms with E-state index in [4.69, 9.17) is 17.3 Å². The summed E-state index contributed by atoms with van der Waals surface area (Å²) in [6.07, 6.45) is 2.30. The van der Waals surface area contributed by atoms with Gasteiger partial charge in [0.05, 0.1) is 9.92 Å². The molecule has 0 aromatic heterocycles. The zero-order valence-corrected chi connectivity index (χ0v) is 13.2. The highest BCUT2D eigenvalue weighted by molar-refractivity contribution is 7.89. The average Bonchev–Trinajstić information content (AvgIpc) is 2.94. The van der Waals surface area contributed by atoms with E-state index in [-0.39, 0.29) is 22.0 Å². The third-order valence-electron chi connectivity index (χ3n) is 3.53. The molecule has 0 aliphatic carbocycles. The zero-order chi connectivity index (χ0) is 15.5. The minimum absolute atomic E-state index is 0.0209. The molecule has 0 bridgehead atoms. The molecule has 0 saturated carbocycles. The second-order valence-corrected chi connectivity index (χ2v) is 7.17. The van der Waals surface area contributed by atoms with E-state index >= 15 is 0 Å². The Bertz CT molecular complexity index is 604. The van der Waals surface area contributed by atoms with Crippen molar-refractivity contribution in [3.05, 3.63) is 28.5 Å². The highest BCUT2D eigenvalue weighted by Gasteiger charge is 2.19. The predicted molar refractivity (Wildman–Crippen MR) is 80.2 cm³/mol. The molecule has 0 unspecified atom stereocenters. The van der Waals surface area contributed by atoms with Crippen molar-refractivity contribution < 1.29 is 12.8 Å². The fourth-order valence-corrected chi connectivity index (χ4v) is 3.62. The highest BCUT2D eigenvalue weighted by atomic mass is 35.5. The lowest BCUT2D eigenvalue weighted by Crippen LogP contribution is -2.33. The molecule has 1 heterocycles. The smallest absolute Gasteiger partial charge is 0.240 e. The summed E-state index contributed by atoms with van der Waals surface area (Å²) in [5.41, 5.74) is 5.72. The number of benzene rings is 1. The van der Waals surface area contributed by atoms with Gasteiger partial charge in [-0.15, -0.1) is 0 Å². The quantitative estimate of drug-likeness (QED) is 0.822. The summed E-state index contributed by atoms with van der Waals surface area (Å²) < 4.78 is 40.4. The second-order valence-electron chi connectivity index (χ2n) is 5.03. The predicted octanol–water partition coefficient (Wildman–Crippen LogP) is 1.31. The van der Waals surface area contributed by atoms with Crippen molar-refractivity contribution in [3.63, 3.8) is 0 Å². The number of sulfonamides is 1. The van der Waals surface area contributed by atoms with Crippen molar-refractivity contribution in [2.45, 2.75) is 24.3 Å². The van der Waals surface area contributed by atoms with Crippen LogP contribution in [0.4, 0.5) is 4.39 Å². The summed E-state index contributed by atoms with van der Waals surface area (Å²) in [5, 5.41) is -0.131. The lowest BCUT2D eigenvalue weighted by atomic mass is 10.2. The van der Waals surface area contributed by atoms with Crippen LogP contribution in [0.1, 0.15) is 18.4 Å². The van der Waals surface area contributed by atoms with E-state index in [1.54, 1.807) is 0 Å². The molecule has 118 valence electrons. The number of nitrogens with one attached hydrogen (secondary N) is 1. The van der Waals surface area contributed by atoms with Gasteiger partial charge in [0, 0.05) is 19.6 Å². The molecule has 1 saturated heterocycles. The minimum Gasteiger partial charge on any atom is -0.326 e. The molecule has 5 nitrogen and oxygen atoms in total. The van der Waals surface area contributed by atoms with Gasteiger partial charge in [-0.3, -0.25) is 0 Å². The molecule has 2 rings (SSSR count). The van der Waals surface area contributed by atoms with Gasteiger partial charge in [0.2, 0.25) is 10.0 Å². The molecule has 1 aliphatic rings. The molecule has 21 heavy (non-hydrogen) atoms. The van der Waals surface area contributed by atoms with Crippen LogP contribution in [-0.4, -0.2) is 39.5 Å². The van der Waals surface area contributed by atoms with Crippen LogP contribution in [0.15, 0.2) is 17.0 Å². The Balaban J connectivity index is 2.06. The van der Waals surface area contributed by atoms with Gasteiger partial charge in [-0.05, 0) is 43.6 Å². The lowest BCUT2D eigenvalue weighted by molar-refractivity contribution is 0.344. The van der Waals surface area contributed by atoms with Crippen LogP contribution in [-0.2, 0) is 16.6 Å². The Labute approximate surface area is 129 Å². The van der Waals surface area contributed by atoms with E-state index < -0.39 is 15.8 Å². The van der Waals surface area contributed by atoms with Crippen LogP contribution >= 0.6 is 11.6 Å². The molecule has 0 amide bonds. The minimum atomic E-state index is -3.75. The van der Waals surface area contributed by atoms with E-state index in [9.17, 15) is 12.8 Å². The number of hydrogen-bond donors (Lipinski definition) is 2. The summed E-state index contributed by atoms with van der Waals surface area (Å²) in [6.45, 7) is 2.92. The van der Waals surface area contributed by atoms with E-state index in [0.29, 0.717) is 13.1 Å². The van der Waals surface area contributed by atoms with E-state index in [2.05, 4.69) is 9.62 Å². The van der Waals surface area contributed by atoms with E-state index in [1.807, 2.05) is 0 Å². The Kier molecular flexibility index (Phi) is 5.56. The van der Waals surface area contributed by atoms with Crippen molar-refractivity contribution in [1.82, 2.24) is 9.62 Å². The standard InChI is InChI=1S/C13H19ClFN3O2S/c14-13-10(9-16)7-11(8-12(13)15)21(19,20)17-3-6-18-4-1-2-5-18/h7-8,17H,1-6,9,16H2. The Morgan fingerprint density at radius 3 is 2.62 bits per heavy atom. The molecule has 0 atom stereocenters. The summed E-state index contributed by atoms with van der Waals surface area (Å²) in [4.78, 5) is 2.04. The van der Waals surface area contributed by atoms with Gasteiger partial charge in [-0.25, -0.2) is 17.5 Å². The van der Waals surface area contributed by atoms with Crippen molar-refractivity contribution in [1.29, 1.82) is 0 Å². The Hall–Kier alpha value is -0.730. The van der Waals surface area contributed by atoms with Gasteiger partial charge < -0.3 is 10.6 Å². The first-order chi connectivity index (χ1) is 9.94. The lowest BCUT2D eigenvalue weighted by Gasteiger charge is -2.15. The average molecular weight is 336 g/mol. The van der Waals surface area contributed by atoms with Gasteiger partial charge in [-0.1, -0.05) is 11.6 Å². The maximum absolute atomic E-state index is 13.6. The fourth-order valence-electron chi connectivity index (χ4n) is 2.35. The molecular weight excluding hydrogens is 317 g/mol. The highest BCUT2D eigenvalue weighted by Crippen LogP contribution is 2.24. The van der Waals surface area contributed by atoms with Gasteiger partial charge in [-0.2, -0.15) is 0 Å². The SMILES string of the molecule is NCc1cc(S(=O)(=O)NCCN2CCCC2)cc(F)c1Cl. The van der Waals surface area contributed by atoms with Crippen molar-refractivity contribution in [2.24, 2.45) is 5.73 Å². The van der Waals surface area contributed by atoms with Crippen molar-refractivity contribution >= 4 is 21.6 Å². The van der Waals surface area contributed by atoms with Crippen LogP contribution in [0.3, 0.4) is 0 Å². The number of halogens is 2. The molecular formula is C13H19ClFN3O2S. The van der Waals surface area contributed by atoms with E-state index in [1.165, 1.54) is 6.07 Å². The maximum Gasteiger partial charge on any atom is 0.240 e. The monoisotopic (exact) mass is 335 g/mol. The van der Waals surface area contributed by atoms with Gasteiger partial charge in [0.25, 0.3) is 0 Å². The number of rotatable bonds is 6. The van der Waals surface area contributed by atoms with Gasteiger partial charge in [0.1, 0.15) is 5.82 Å². The van der Waals surface area contributed by atoms with Crippen LogP contribution in [0.5, 0.6) is 0 Å². The van der Waals surface area contributed by atoms with Crippen LogP contribution in [0.25, 0.3) is 0 Å². The van der Waals surface area contributed by atoms with Crippen LogP contribution in [0, 0.1) is 5.82 Å². The van der Waals surface area contributed by atoms with E-state index in [0.717, 1.165) is 32.0 Å². The van der Waals surface area contributed by atoms with Crippen LogP contribution in [0.2, 0.25) is 5.02 Å². The fraction of sp³-hybridized carbons (Fsp3) is 0.538. The zero-order valence-electron chi connectivity index (χ0n) is 11.6. The molecule has 1 aromatic carbocycles. The summed E-state index contributed by atoms with van der Waals surface area (Å²) in [7, 11) is -3.75. The molecule has 1 aliphatic heterocycles. The Morgan fingerprint density at radius 2 is 2.00 bits per heavy atom. The molecule has 3 N–H and O–H groups in total. The Morgan fingerprint density at radius 1 is 1.33 bits per heavy atom. The number of likely N-dealkylation sites (tertiary alicyclic amines) is 1. The molecule has 0 spiro atoms. The topological polar surface area (TPSA) is 75.4 Å². The summed E-state index contributed by atoms with van der Waals surface area (Å²) >= 11 is 5.73. The largest absolute Gasteiger partial charge is 0.326 e. The van der Waals surface area contributed by atoms with Crippen molar-refractivity contribution in [3.8, 4) is 0 Å². The molecule has 1 aromatic rings. The third kappa shape index (κ3) is 4.14. The summed E-state index contributed by atoms with van der Waals surface area (Å²) in [6, 6.07) is 2.23. The number of nitrogens with two attached hydrogens (primary N) is 1. The van der Waals surface area contributed by atoms with Crippen molar-refractivity contribution in [2.75, 3.05) is 26.2 Å². The number of nitrogens with zero attached hydrogens (tertiary/aromatic N) is 1. The first kappa shape index (κ1) is 16.6. The molecule has 8 heteroatoms. The van der Waals surface area contributed by atoms with Gasteiger partial charge in [0.15, 0.2) is 0 Å². The summed E-state index contributed by atoms with van der Waals surface area (Å²) in [5.74, 6) is -0.778.